The molecule has 0 aliphatic rings. The molecule has 1 rings (SSSR count). The molecule has 5 heteroatoms. The van der Waals surface area contributed by atoms with Gasteiger partial charge in [-0.15, -0.1) is 0 Å². The first-order chi connectivity index (χ1) is 6.24. The van der Waals surface area contributed by atoms with Crippen LogP contribution in [0.4, 0.5) is 5.69 Å². The van der Waals surface area contributed by atoms with Gasteiger partial charge in [0.15, 0.2) is 0 Å². The number of aromatic carboxylic acids is 1. The first-order valence-corrected chi connectivity index (χ1v) is 3.68. The summed E-state index contributed by atoms with van der Waals surface area (Å²) in [4.78, 5) is 10.5. The molecular weight excluding hydrogens is 169 g/mol. The molecule has 2 N–H and O–H groups in total. The number of carboxylic acids is 1. The first kappa shape index (κ1) is 9.60. The molecule has 0 fully saturated rings. The maximum Gasteiger partial charge on any atom is 0.435 e. The van der Waals surface area contributed by atoms with Crippen LogP contribution in [0.5, 0.6) is 0 Å². The van der Waals surface area contributed by atoms with Crippen LogP contribution in [0.25, 0.3) is 0 Å². The van der Waals surface area contributed by atoms with E-state index in [1.807, 2.05) is 0 Å². The summed E-state index contributed by atoms with van der Waals surface area (Å²) in [5.74, 6) is -0.928. The molecule has 0 saturated heterocycles. The second-order valence-corrected chi connectivity index (χ2v) is 2.38. The summed E-state index contributed by atoms with van der Waals surface area (Å²) < 4.78 is 4.67. The van der Waals surface area contributed by atoms with Crippen molar-refractivity contribution in [2.75, 3.05) is 12.3 Å². The van der Waals surface area contributed by atoms with E-state index in [1.165, 1.54) is 26.9 Å². The highest BCUT2D eigenvalue weighted by molar-refractivity contribution is 6.32. The van der Waals surface area contributed by atoms with E-state index in [0.29, 0.717) is 0 Å². The van der Waals surface area contributed by atoms with Crippen molar-refractivity contribution in [2.45, 2.75) is 0 Å². The molecule has 0 saturated carbocycles. The maximum absolute atomic E-state index is 10.5. The van der Waals surface area contributed by atoms with Gasteiger partial charge in [-0.05, 0) is 24.3 Å². The molecule has 0 spiro atoms. The minimum absolute atomic E-state index is 0.267. The molecule has 0 aromatic heterocycles. The molecule has 1 radical (unpaired) electrons. The fourth-order valence-corrected chi connectivity index (χ4v) is 0.836. The van der Waals surface area contributed by atoms with Crippen LogP contribution in [0.3, 0.4) is 0 Å². The molecule has 67 valence electrons. The molecule has 1 aromatic rings. The lowest BCUT2D eigenvalue weighted by Gasteiger charge is -2.02. The summed E-state index contributed by atoms with van der Waals surface area (Å²) in [5, 5.41) is 11.4. The minimum atomic E-state index is -0.928. The van der Waals surface area contributed by atoms with E-state index in [0.717, 1.165) is 5.69 Å². The number of nitrogens with one attached hydrogen (secondary N) is 1. The van der Waals surface area contributed by atoms with E-state index < -0.39 is 5.97 Å². The Labute approximate surface area is 76.8 Å². The molecule has 0 bridgehead atoms. The Hall–Kier alpha value is -1.49. The Kier molecular flexibility index (Phi) is 3.34. The van der Waals surface area contributed by atoms with Gasteiger partial charge in [-0.2, -0.15) is 0 Å². The smallest absolute Gasteiger partial charge is 0.435 e. The van der Waals surface area contributed by atoms with E-state index in [2.05, 4.69) is 9.88 Å². The Morgan fingerprint density at radius 1 is 1.46 bits per heavy atom. The summed E-state index contributed by atoms with van der Waals surface area (Å²) >= 11 is 0. The minimum Gasteiger partial charge on any atom is -0.478 e. The summed E-state index contributed by atoms with van der Waals surface area (Å²) in [6, 6.07) is 6.38. The molecule has 0 amide bonds. The van der Waals surface area contributed by atoms with Crippen molar-refractivity contribution < 1.29 is 14.6 Å². The van der Waals surface area contributed by atoms with Crippen LogP contribution in [0, 0.1) is 0 Å². The van der Waals surface area contributed by atoms with E-state index in [9.17, 15) is 4.79 Å². The van der Waals surface area contributed by atoms with Gasteiger partial charge in [0, 0.05) is 12.8 Å². The number of carboxylic acid groups (broad SMARTS) is 1. The van der Waals surface area contributed by atoms with Crippen molar-refractivity contribution in [3.63, 3.8) is 0 Å². The molecule has 0 atom stereocenters. The highest BCUT2D eigenvalue weighted by Crippen LogP contribution is 2.08. The number of hydrogen-bond donors (Lipinski definition) is 2. The van der Waals surface area contributed by atoms with E-state index in [4.69, 9.17) is 5.11 Å². The zero-order chi connectivity index (χ0) is 9.68. The quantitative estimate of drug-likeness (QED) is 0.674. The van der Waals surface area contributed by atoms with Crippen molar-refractivity contribution in [2.24, 2.45) is 0 Å². The van der Waals surface area contributed by atoms with E-state index in [-0.39, 0.29) is 5.56 Å². The number of carbonyl (C=O) groups is 1. The van der Waals surface area contributed by atoms with Crippen molar-refractivity contribution in [1.82, 2.24) is 0 Å². The third kappa shape index (κ3) is 2.80. The largest absolute Gasteiger partial charge is 0.478 e. The average molecular weight is 178 g/mol. The van der Waals surface area contributed by atoms with Crippen LogP contribution in [0.1, 0.15) is 10.4 Å². The predicted molar refractivity (Wildman–Crippen MR) is 49.8 cm³/mol. The van der Waals surface area contributed by atoms with Gasteiger partial charge in [-0.3, -0.25) is 0 Å². The van der Waals surface area contributed by atoms with Crippen molar-refractivity contribution in [3.05, 3.63) is 29.8 Å². The number of benzene rings is 1. The molecule has 0 heterocycles. The van der Waals surface area contributed by atoms with Gasteiger partial charge in [0.2, 0.25) is 0 Å². The Morgan fingerprint density at radius 2 is 2.08 bits per heavy atom. The van der Waals surface area contributed by atoms with Crippen molar-refractivity contribution in [3.8, 4) is 0 Å². The third-order valence-corrected chi connectivity index (χ3v) is 1.48. The number of anilines is 1. The summed E-state index contributed by atoms with van der Waals surface area (Å²) in [7, 11) is 2.94. The van der Waals surface area contributed by atoms with Gasteiger partial charge in [-0.25, -0.2) is 4.79 Å². The SMILES string of the molecule is CO[B]Nc1ccc(C(=O)O)cc1. The van der Waals surface area contributed by atoms with E-state index >= 15 is 0 Å². The van der Waals surface area contributed by atoms with Crippen LogP contribution in [0.15, 0.2) is 24.3 Å². The summed E-state index contributed by atoms with van der Waals surface area (Å²) in [5.41, 5.74) is 1.05. The van der Waals surface area contributed by atoms with Crippen LogP contribution in [-0.4, -0.2) is 25.8 Å². The Bertz CT molecular complexity index is 286. The van der Waals surface area contributed by atoms with Gasteiger partial charge in [0.05, 0.1) is 5.56 Å². The van der Waals surface area contributed by atoms with Crippen LogP contribution < -0.4 is 5.23 Å². The van der Waals surface area contributed by atoms with E-state index in [1.54, 1.807) is 12.1 Å². The zero-order valence-electron chi connectivity index (χ0n) is 7.15. The maximum atomic E-state index is 10.5. The van der Waals surface area contributed by atoms with Gasteiger partial charge in [0.25, 0.3) is 0 Å². The summed E-state index contributed by atoms with van der Waals surface area (Å²) in [6.07, 6.45) is 0. The average Bonchev–Trinajstić information content (AvgIpc) is 2.15. The van der Waals surface area contributed by atoms with Gasteiger partial charge >= 0.3 is 13.6 Å². The second kappa shape index (κ2) is 4.52. The second-order valence-electron chi connectivity index (χ2n) is 2.38. The topological polar surface area (TPSA) is 58.6 Å². The normalized spacial score (nSPS) is 9.31. The molecule has 13 heavy (non-hydrogen) atoms. The highest BCUT2D eigenvalue weighted by Gasteiger charge is 2.00. The molecule has 4 nitrogen and oxygen atoms in total. The molecule has 0 aliphatic carbocycles. The van der Waals surface area contributed by atoms with Gasteiger partial charge in [-0.1, -0.05) is 0 Å². The number of rotatable bonds is 4. The lowest BCUT2D eigenvalue weighted by Crippen LogP contribution is -2.08. The molecule has 0 unspecified atom stereocenters. The molecule has 1 aromatic carbocycles. The van der Waals surface area contributed by atoms with Gasteiger partial charge in [0.1, 0.15) is 0 Å². The van der Waals surface area contributed by atoms with Crippen LogP contribution in [0.2, 0.25) is 0 Å². The van der Waals surface area contributed by atoms with Crippen LogP contribution in [-0.2, 0) is 4.65 Å². The summed E-state index contributed by atoms with van der Waals surface area (Å²) in [6.45, 7) is 0. The van der Waals surface area contributed by atoms with Crippen LogP contribution >= 0.6 is 0 Å². The Morgan fingerprint density at radius 3 is 2.54 bits per heavy atom. The lowest BCUT2D eigenvalue weighted by molar-refractivity contribution is 0.0697. The lowest BCUT2D eigenvalue weighted by atomic mass is 10.1. The third-order valence-electron chi connectivity index (χ3n) is 1.48. The standard InChI is InChI=1S/C8H9BNO3/c1-13-9-10-7-4-2-6(3-5-7)8(11)12/h2-5,10H,1H3,(H,11,12). The van der Waals surface area contributed by atoms with Crippen molar-refractivity contribution >= 4 is 19.3 Å². The molecular formula is C8H9BNO3. The zero-order valence-corrected chi connectivity index (χ0v) is 7.15. The monoisotopic (exact) mass is 178 g/mol. The Balaban J connectivity index is 2.64. The predicted octanol–water partition coefficient (Wildman–Crippen LogP) is 0.977. The highest BCUT2D eigenvalue weighted by atomic mass is 16.4. The fraction of sp³-hybridized carbons (Fsp3) is 0.125. The first-order valence-electron chi connectivity index (χ1n) is 3.68. The van der Waals surface area contributed by atoms with Gasteiger partial charge < -0.3 is 15.0 Å². The number of hydrogen-bond acceptors (Lipinski definition) is 3. The van der Waals surface area contributed by atoms with Crippen molar-refractivity contribution in [1.29, 1.82) is 0 Å². The fourth-order valence-electron chi connectivity index (χ4n) is 0.836. The molecule has 0 aliphatic heterocycles.